The Morgan fingerprint density at radius 2 is 2.04 bits per heavy atom. The van der Waals surface area contributed by atoms with E-state index in [1.54, 1.807) is 13.1 Å². The first-order chi connectivity index (χ1) is 12.0. The largest absolute Gasteiger partial charge is 0.481 e. The van der Waals surface area contributed by atoms with Crippen molar-refractivity contribution in [3.63, 3.8) is 0 Å². The first-order valence-corrected chi connectivity index (χ1v) is 11.2. The molecule has 1 unspecified atom stereocenters. The normalized spacial score (nSPS) is 19.1. The number of aryl methyl sites for hydroxylation is 1. The van der Waals surface area contributed by atoms with E-state index in [0.29, 0.717) is 18.2 Å². The number of fused-ring (bicyclic) bond motifs is 2. The van der Waals surface area contributed by atoms with E-state index in [9.17, 15) is 14.0 Å². The van der Waals surface area contributed by atoms with E-state index >= 15 is 0 Å². The monoisotopic (exact) mass is 422 g/mol. The molecule has 2 aliphatic heterocycles. The van der Waals surface area contributed by atoms with Crippen LogP contribution in [0.3, 0.4) is 0 Å². The summed E-state index contributed by atoms with van der Waals surface area (Å²) >= 11 is 1.39. The zero-order chi connectivity index (χ0) is 19.1. The molecule has 1 aromatic rings. The lowest BCUT2D eigenvalue weighted by Gasteiger charge is -2.24. The Kier molecular flexibility index (Phi) is 5.40. The first kappa shape index (κ1) is 19.7. The second-order valence-electron chi connectivity index (χ2n) is 5.48. The Balaban J connectivity index is 1.65. The van der Waals surface area contributed by atoms with Gasteiger partial charge in [0, 0.05) is 28.8 Å². The maximum atomic E-state index is 11.5. The summed E-state index contributed by atoms with van der Waals surface area (Å²) in [6, 6.07) is 0. The molecule has 1 atom stereocenters. The lowest BCUT2D eigenvalue weighted by Crippen LogP contribution is -2.25. The number of aromatic nitrogens is 2. The molecular formula is C12H16N4O7P2S. The predicted octanol–water partition coefficient (Wildman–Crippen LogP) is 2.18. The Bertz CT molecular complexity index is 900. The van der Waals surface area contributed by atoms with Gasteiger partial charge in [0.1, 0.15) is 5.82 Å². The highest BCUT2D eigenvalue weighted by molar-refractivity contribution is 8.17. The summed E-state index contributed by atoms with van der Waals surface area (Å²) in [5.74, 6) is 1.25. The molecule has 0 radical (unpaired) electrons. The highest BCUT2D eigenvalue weighted by Crippen LogP contribution is 2.57. The predicted molar refractivity (Wildman–Crippen MR) is 93.2 cm³/mol. The van der Waals surface area contributed by atoms with Crippen LogP contribution in [-0.2, 0) is 24.5 Å². The second kappa shape index (κ2) is 7.14. The highest BCUT2D eigenvalue weighted by Gasteiger charge is 2.34. The summed E-state index contributed by atoms with van der Waals surface area (Å²) in [6.07, 6.45) is 1.99. The number of rotatable bonds is 6. The number of thioether (sulfide) groups is 1. The molecule has 14 heteroatoms. The molecule has 0 spiro atoms. The van der Waals surface area contributed by atoms with Gasteiger partial charge in [0.25, 0.3) is 0 Å². The van der Waals surface area contributed by atoms with Gasteiger partial charge in [-0.05, 0) is 13.8 Å². The van der Waals surface area contributed by atoms with Crippen LogP contribution in [0, 0.1) is 6.92 Å². The zero-order valence-electron chi connectivity index (χ0n) is 13.8. The van der Waals surface area contributed by atoms with Crippen LogP contribution in [-0.4, -0.2) is 41.3 Å². The molecule has 3 N–H and O–H groups in total. The van der Waals surface area contributed by atoms with Gasteiger partial charge >= 0.3 is 15.6 Å². The van der Waals surface area contributed by atoms with Crippen LogP contribution in [0.4, 0.5) is 5.82 Å². The molecule has 0 saturated carbocycles. The van der Waals surface area contributed by atoms with Crippen molar-refractivity contribution in [3.05, 3.63) is 28.2 Å². The van der Waals surface area contributed by atoms with Gasteiger partial charge in [0.15, 0.2) is 11.0 Å². The average molecular weight is 422 g/mol. The van der Waals surface area contributed by atoms with Crippen LogP contribution >= 0.6 is 27.4 Å². The summed E-state index contributed by atoms with van der Waals surface area (Å²) in [6.45, 7) is 3.99. The van der Waals surface area contributed by atoms with E-state index in [1.807, 2.05) is 11.8 Å². The molecule has 3 rings (SSSR count). The average Bonchev–Trinajstić information content (AvgIpc) is 2.78. The Morgan fingerprint density at radius 1 is 1.31 bits per heavy atom. The van der Waals surface area contributed by atoms with E-state index in [1.165, 1.54) is 11.8 Å². The number of phosphoric acid groups is 2. The molecule has 0 fully saturated rings. The maximum Gasteiger partial charge on any atom is 0.481 e. The van der Waals surface area contributed by atoms with Gasteiger partial charge < -0.3 is 19.6 Å². The number of aliphatic imine (C=N–C) groups is 1. The molecule has 0 bridgehead atoms. The van der Waals surface area contributed by atoms with Gasteiger partial charge in [-0.2, -0.15) is 4.31 Å². The molecule has 0 aliphatic carbocycles. The third-order valence-corrected chi connectivity index (χ3v) is 6.96. The van der Waals surface area contributed by atoms with Crippen LogP contribution in [0.2, 0.25) is 0 Å². The number of nitrogens with zero attached hydrogens (tertiary/aromatic N) is 4. The standard InChI is InChI=1S/C12H16N4O7P2S/c1-7-10(3-4-22-25(20,21)23-24(17,18)19)26-12-15-11-9(6-16(7)12)5-13-8(2)14-11/h5H,3-4,6H2,1-2H3,(H,20,21)(H2,17,18,19). The van der Waals surface area contributed by atoms with Gasteiger partial charge in [-0.25, -0.2) is 24.1 Å². The molecule has 0 aromatic carbocycles. The van der Waals surface area contributed by atoms with Crippen molar-refractivity contribution in [2.24, 2.45) is 4.99 Å². The number of amidine groups is 1. The van der Waals surface area contributed by atoms with Crippen molar-refractivity contribution in [3.8, 4) is 0 Å². The van der Waals surface area contributed by atoms with Crippen molar-refractivity contribution in [1.29, 1.82) is 0 Å². The summed E-state index contributed by atoms with van der Waals surface area (Å²) in [5, 5.41) is 0.738. The Labute approximate surface area is 153 Å². The third kappa shape index (κ3) is 4.59. The maximum absolute atomic E-state index is 11.5. The van der Waals surface area contributed by atoms with Gasteiger partial charge in [0.2, 0.25) is 0 Å². The molecule has 0 amide bonds. The topological polar surface area (TPSA) is 155 Å². The molecule has 0 saturated heterocycles. The number of hydrogen-bond acceptors (Lipinski definition) is 9. The van der Waals surface area contributed by atoms with E-state index in [4.69, 9.17) is 9.79 Å². The third-order valence-electron chi connectivity index (χ3n) is 3.54. The molecule has 3 heterocycles. The lowest BCUT2D eigenvalue weighted by atomic mass is 10.2. The minimum atomic E-state index is -5.12. The van der Waals surface area contributed by atoms with Crippen LogP contribution in [0.1, 0.15) is 24.7 Å². The molecule has 2 aliphatic rings. The fourth-order valence-electron chi connectivity index (χ4n) is 2.40. The van der Waals surface area contributed by atoms with Crippen LogP contribution in [0.15, 0.2) is 21.8 Å². The summed E-state index contributed by atoms with van der Waals surface area (Å²) in [7, 11) is -9.95. The number of phosphoric ester groups is 1. The molecule has 11 nitrogen and oxygen atoms in total. The van der Waals surface area contributed by atoms with Gasteiger partial charge in [-0.1, -0.05) is 11.8 Å². The summed E-state index contributed by atoms with van der Waals surface area (Å²) in [4.78, 5) is 42.3. The molecular weight excluding hydrogens is 406 g/mol. The minimum Gasteiger partial charge on any atom is -0.319 e. The van der Waals surface area contributed by atoms with Crippen LogP contribution in [0.5, 0.6) is 0 Å². The smallest absolute Gasteiger partial charge is 0.319 e. The van der Waals surface area contributed by atoms with E-state index in [-0.39, 0.29) is 13.0 Å². The van der Waals surface area contributed by atoms with Gasteiger partial charge in [-0.3, -0.25) is 4.52 Å². The summed E-state index contributed by atoms with van der Waals surface area (Å²) < 4.78 is 30.5. The van der Waals surface area contributed by atoms with Gasteiger partial charge in [0.05, 0.1) is 13.2 Å². The zero-order valence-corrected chi connectivity index (χ0v) is 16.4. The first-order valence-electron chi connectivity index (χ1n) is 7.35. The Morgan fingerprint density at radius 3 is 2.73 bits per heavy atom. The van der Waals surface area contributed by atoms with Crippen molar-refractivity contribution in [2.75, 3.05) is 6.61 Å². The van der Waals surface area contributed by atoms with E-state index in [2.05, 4.69) is 23.8 Å². The quantitative estimate of drug-likeness (QED) is 0.578. The van der Waals surface area contributed by atoms with Crippen molar-refractivity contribution in [1.82, 2.24) is 14.9 Å². The van der Waals surface area contributed by atoms with Crippen molar-refractivity contribution < 1.29 is 32.6 Å². The highest BCUT2D eigenvalue weighted by atomic mass is 32.2. The molecule has 26 heavy (non-hydrogen) atoms. The second-order valence-corrected chi connectivity index (χ2v) is 9.37. The van der Waals surface area contributed by atoms with Crippen LogP contribution in [0.25, 0.3) is 0 Å². The van der Waals surface area contributed by atoms with Crippen LogP contribution < -0.4 is 0 Å². The van der Waals surface area contributed by atoms with E-state index < -0.39 is 15.6 Å². The van der Waals surface area contributed by atoms with Crippen molar-refractivity contribution >= 4 is 38.4 Å². The van der Waals surface area contributed by atoms with Crippen molar-refractivity contribution in [2.45, 2.75) is 26.8 Å². The fourth-order valence-corrected chi connectivity index (χ4v) is 5.09. The number of allylic oxidation sites excluding steroid dienone is 1. The SMILES string of the molecule is CC1=C(CCOP(=O)(O)OP(=O)(O)O)SC2=Nc3nc(C)ncc3CN21. The molecule has 1 aromatic heterocycles. The summed E-state index contributed by atoms with van der Waals surface area (Å²) in [5.41, 5.74) is 1.80. The Hall–Kier alpha value is -1.10. The van der Waals surface area contributed by atoms with Gasteiger partial charge in [-0.15, -0.1) is 0 Å². The molecule has 142 valence electrons. The minimum absolute atomic E-state index is 0.250. The number of hydrogen-bond donors (Lipinski definition) is 3. The van der Waals surface area contributed by atoms with E-state index in [0.717, 1.165) is 21.3 Å². The lowest BCUT2D eigenvalue weighted by molar-refractivity contribution is 0.180. The fraction of sp³-hybridized carbons (Fsp3) is 0.417.